The topological polar surface area (TPSA) is 67.8 Å². The summed E-state index contributed by atoms with van der Waals surface area (Å²) in [5.74, 6) is -1.08. The van der Waals surface area contributed by atoms with Crippen LogP contribution in [-0.2, 0) is 14.3 Å². The van der Waals surface area contributed by atoms with Crippen molar-refractivity contribution < 1.29 is 14.3 Å². The molecule has 0 fully saturated rings. The average molecular weight is 226 g/mol. The Balaban J connectivity index is 2.36. The standard InChI is InChI=1S/C9H10N2O3S/c1-4-3-5(12)14-8-6(4)7(13)10-9(11-8)15-2/h3,6,8H,1-2H3,(H,10,11,13). The number of carbonyl (C=O) groups excluding carboxylic acids is 2. The van der Waals surface area contributed by atoms with Crippen molar-refractivity contribution in [1.82, 2.24) is 5.32 Å². The number of ether oxygens (including phenoxy) is 1. The normalized spacial score (nSPS) is 29.7. The summed E-state index contributed by atoms with van der Waals surface area (Å²) in [5.41, 5.74) is 0.692. The third kappa shape index (κ3) is 1.77. The molecule has 15 heavy (non-hydrogen) atoms. The van der Waals surface area contributed by atoms with Crippen molar-refractivity contribution in [3.05, 3.63) is 11.6 Å². The quantitative estimate of drug-likeness (QED) is 0.602. The molecule has 80 valence electrons. The van der Waals surface area contributed by atoms with Crippen LogP contribution in [-0.4, -0.2) is 29.5 Å². The van der Waals surface area contributed by atoms with E-state index in [9.17, 15) is 9.59 Å². The van der Waals surface area contributed by atoms with Gasteiger partial charge in [-0.3, -0.25) is 4.79 Å². The first-order valence-corrected chi connectivity index (χ1v) is 5.66. The second kappa shape index (κ2) is 3.69. The third-order valence-electron chi connectivity index (χ3n) is 2.31. The number of hydrogen-bond acceptors (Lipinski definition) is 5. The average Bonchev–Trinajstić information content (AvgIpc) is 2.15. The maximum atomic E-state index is 11.7. The molecule has 2 unspecified atom stereocenters. The number of nitrogens with one attached hydrogen (secondary N) is 1. The highest BCUT2D eigenvalue weighted by Gasteiger charge is 2.39. The van der Waals surface area contributed by atoms with Gasteiger partial charge < -0.3 is 10.1 Å². The van der Waals surface area contributed by atoms with E-state index < -0.39 is 18.1 Å². The van der Waals surface area contributed by atoms with Gasteiger partial charge in [0.15, 0.2) is 5.17 Å². The van der Waals surface area contributed by atoms with Crippen molar-refractivity contribution in [3.63, 3.8) is 0 Å². The molecular weight excluding hydrogens is 216 g/mol. The van der Waals surface area contributed by atoms with E-state index in [1.54, 1.807) is 13.2 Å². The fourth-order valence-electron chi connectivity index (χ4n) is 1.59. The van der Waals surface area contributed by atoms with Gasteiger partial charge >= 0.3 is 5.97 Å². The van der Waals surface area contributed by atoms with Crippen LogP contribution in [0.25, 0.3) is 0 Å². The van der Waals surface area contributed by atoms with Crippen LogP contribution >= 0.6 is 11.8 Å². The lowest BCUT2D eigenvalue weighted by Crippen LogP contribution is -2.48. The summed E-state index contributed by atoms with van der Waals surface area (Å²) in [5, 5.41) is 3.14. The van der Waals surface area contributed by atoms with E-state index in [0.717, 1.165) is 0 Å². The van der Waals surface area contributed by atoms with E-state index in [1.807, 2.05) is 0 Å². The molecule has 6 heteroatoms. The summed E-state index contributed by atoms with van der Waals surface area (Å²) in [4.78, 5) is 26.9. The minimum absolute atomic E-state index is 0.166. The van der Waals surface area contributed by atoms with E-state index in [1.165, 1.54) is 17.8 Å². The van der Waals surface area contributed by atoms with E-state index >= 15 is 0 Å². The molecule has 2 atom stereocenters. The predicted octanol–water partition coefficient (Wildman–Crippen LogP) is 0.281. The first kappa shape index (κ1) is 10.2. The molecule has 1 N–H and O–H groups in total. The number of hydrogen-bond donors (Lipinski definition) is 1. The molecule has 0 spiro atoms. The Morgan fingerprint density at radius 1 is 1.53 bits per heavy atom. The minimum Gasteiger partial charge on any atom is -0.435 e. The van der Waals surface area contributed by atoms with Crippen LogP contribution in [0.15, 0.2) is 16.6 Å². The molecule has 2 heterocycles. The van der Waals surface area contributed by atoms with Gasteiger partial charge in [0.2, 0.25) is 12.1 Å². The largest absolute Gasteiger partial charge is 0.435 e. The van der Waals surface area contributed by atoms with E-state index in [4.69, 9.17) is 4.74 Å². The Labute approximate surface area is 91.0 Å². The number of aliphatic imine (C=N–C) groups is 1. The SMILES string of the molecule is CSC1=NC2OC(=O)C=C(C)C2C(=O)N1. The zero-order valence-corrected chi connectivity index (χ0v) is 9.13. The van der Waals surface area contributed by atoms with Gasteiger partial charge in [0.05, 0.1) is 0 Å². The third-order valence-corrected chi connectivity index (χ3v) is 2.90. The molecule has 0 saturated carbocycles. The number of thioether (sulfide) groups is 1. The molecule has 0 aliphatic carbocycles. The highest BCUT2D eigenvalue weighted by molar-refractivity contribution is 8.13. The number of amides is 1. The fraction of sp³-hybridized carbons (Fsp3) is 0.444. The van der Waals surface area contributed by atoms with Gasteiger partial charge in [0.25, 0.3) is 0 Å². The monoisotopic (exact) mass is 226 g/mol. The first-order chi connectivity index (χ1) is 7.11. The molecule has 0 saturated heterocycles. The Bertz CT molecular complexity index is 389. The predicted molar refractivity (Wildman–Crippen MR) is 56.2 cm³/mol. The van der Waals surface area contributed by atoms with Gasteiger partial charge in [-0.2, -0.15) is 0 Å². The maximum Gasteiger partial charge on any atom is 0.332 e. The highest BCUT2D eigenvalue weighted by Crippen LogP contribution is 2.27. The second-order valence-corrected chi connectivity index (χ2v) is 4.12. The summed E-state index contributed by atoms with van der Waals surface area (Å²) >= 11 is 1.31. The molecule has 2 rings (SSSR count). The van der Waals surface area contributed by atoms with Gasteiger partial charge in [-0.15, -0.1) is 0 Å². The van der Waals surface area contributed by atoms with Gasteiger partial charge in [-0.25, -0.2) is 9.79 Å². The van der Waals surface area contributed by atoms with E-state index in [0.29, 0.717) is 10.7 Å². The minimum atomic E-state index is -0.696. The lowest BCUT2D eigenvalue weighted by molar-refractivity contribution is -0.149. The Hall–Kier alpha value is -1.30. The van der Waals surface area contributed by atoms with Crippen molar-refractivity contribution in [1.29, 1.82) is 0 Å². The Kier molecular flexibility index (Phi) is 2.52. The van der Waals surface area contributed by atoms with Gasteiger partial charge in [0.1, 0.15) is 5.92 Å². The molecule has 2 aliphatic rings. The number of esters is 1. The van der Waals surface area contributed by atoms with E-state index in [-0.39, 0.29) is 5.91 Å². The zero-order chi connectivity index (χ0) is 11.0. The van der Waals surface area contributed by atoms with Crippen molar-refractivity contribution in [3.8, 4) is 0 Å². The molecule has 0 bridgehead atoms. The molecule has 0 aromatic heterocycles. The number of amidine groups is 1. The maximum absolute atomic E-state index is 11.7. The van der Waals surface area contributed by atoms with Crippen molar-refractivity contribution >= 4 is 28.8 Å². The van der Waals surface area contributed by atoms with Gasteiger partial charge in [-0.1, -0.05) is 11.8 Å². The molecule has 5 nitrogen and oxygen atoms in total. The molecule has 0 aromatic rings. The molecule has 1 amide bonds. The van der Waals surface area contributed by atoms with Crippen LogP contribution < -0.4 is 5.32 Å². The van der Waals surface area contributed by atoms with Crippen LogP contribution in [0, 0.1) is 5.92 Å². The summed E-state index contributed by atoms with van der Waals surface area (Å²) in [6.45, 7) is 1.73. The summed E-state index contributed by atoms with van der Waals surface area (Å²) in [6.07, 6.45) is 2.44. The van der Waals surface area contributed by atoms with Crippen LogP contribution in [0.2, 0.25) is 0 Å². The molecular formula is C9H10N2O3S. The Morgan fingerprint density at radius 2 is 2.27 bits per heavy atom. The van der Waals surface area contributed by atoms with E-state index in [2.05, 4.69) is 10.3 Å². The lowest BCUT2D eigenvalue weighted by atomic mass is 9.95. The first-order valence-electron chi connectivity index (χ1n) is 4.43. The van der Waals surface area contributed by atoms with Crippen LogP contribution in [0.1, 0.15) is 6.92 Å². The van der Waals surface area contributed by atoms with Crippen molar-refractivity contribution in [2.75, 3.05) is 6.26 Å². The zero-order valence-electron chi connectivity index (χ0n) is 8.31. The highest BCUT2D eigenvalue weighted by atomic mass is 32.2. The number of carbonyl (C=O) groups is 2. The number of rotatable bonds is 0. The summed E-state index contributed by atoms with van der Waals surface area (Å²) < 4.78 is 4.99. The lowest BCUT2D eigenvalue weighted by Gasteiger charge is -2.31. The Morgan fingerprint density at radius 3 is 2.93 bits per heavy atom. The van der Waals surface area contributed by atoms with Crippen LogP contribution in [0.3, 0.4) is 0 Å². The van der Waals surface area contributed by atoms with Crippen LogP contribution in [0.4, 0.5) is 0 Å². The smallest absolute Gasteiger partial charge is 0.332 e. The van der Waals surface area contributed by atoms with Gasteiger partial charge in [0, 0.05) is 6.08 Å². The van der Waals surface area contributed by atoms with Crippen LogP contribution in [0.5, 0.6) is 0 Å². The summed E-state index contributed by atoms with van der Waals surface area (Å²) in [7, 11) is 0. The van der Waals surface area contributed by atoms with Gasteiger partial charge in [-0.05, 0) is 18.8 Å². The number of nitrogens with zero attached hydrogens (tertiary/aromatic N) is 1. The van der Waals surface area contributed by atoms with Crippen molar-refractivity contribution in [2.45, 2.75) is 13.2 Å². The fourth-order valence-corrected chi connectivity index (χ4v) is 2.01. The molecule has 0 aromatic carbocycles. The molecule has 2 aliphatic heterocycles. The number of fused-ring (bicyclic) bond motifs is 1. The summed E-state index contributed by atoms with van der Waals surface area (Å²) in [6, 6.07) is 0. The second-order valence-electron chi connectivity index (χ2n) is 3.32. The van der Waals surface area contributed by atoms with Crippen molar-refractivity contribution in [2.24, 2.45) is 10.9 Å². The molecule has 0 radical (unpaired) electrons.